The minimum Gasteiger partial charge on any atom is -0.497 e. The number of alkyl halides is 3. The summed E-state index contributed by atoms with van der Waals surface area (Å²) in [5.74, 6) is -2.50. The van der Waals surface area contributed by atoms with Crippen LogP contribution in [0.3, 0.4) is 0 Å². The molecule has 2 aliphatic rings. The zero-order valence-electron chi connectivity index (χ0n) is 26.1. The number of carbonyl (C=O) groups is 3. The van der Waals surface area contributed by atoms with Crippen LogP contribution in [0.15, 0.2) is 82.6 Å². The number of hydrogen-bond donors (Lipinski definition) is 1. The Bertz CT molecular complexity index is 1920. The monoisotopic (exact) mass is 696 g/mol. The Hall–Kier alpha value is -4.56. The summed E-state index contributed by atoms with van der Waals surface area (Å²) in [7, 11) is 1.51. The smallest absolute Gasteiger partial charge is 0.416 e. The third-order valence-electron chi connectivity index (χ3n) is 8.54. The first-order valence-electron chi connectivity index (χ1n) is 15.2. The summed E-state index contributed by atoms with van der Waals surface area (Å²) in [5.41, 5.74) is 1.11. The van der Waals surface area contributed by atoms with Crippen molar-refractivity contribution in [3.05, 3.63) is 98.5 Å². The molecule has 1 aromatic heterocycles. The largest absolute Gasteiger partial charge is 0.497 e. The Morgan fingerprint density at radius 3 is 2.27 bits per heavy atom. The lowest BCUT2D eigenvalue weighted by atomic mass is 9.83. The van der Waals surface area contributed by atoms with Gasteiger partial charge in [0.05, 0.1) is 29.3 Å². The minimum absolute atomic E-state index is 0.0717. The van der Waals surface area contributed by atoms with E-state index in [0.717, 1.165) is 59.6 Å². The van der Waals surface area contributed by atoms with Crippen LogP contribution in [0.1, 0.15) is 35.8 Å². The number of ether oxygens (including phenoxy) is 1. The van der Waals surface area contributed by atoms with Gasteiger partial charge in [-0.15, -0.1) is 0 Å². The molecule has 1 N–H and O–H groups in total. The van der Waals surface area contributed by atoms with Crippen molar-refractivity contribution in [3.63, 3.8) is 0 Å². The van der Waals surface area contributed by atoms with Gasteiger partial charge < -0.3 is 15.0 Å². The molecular formula is C34H31F3N4O5S2. The molecule has 3 unspecified atom stereocenters. The van der Waals surface area contributed by atoms with Crippen molar-refractivity contribution in [2.45, 2.75) is 42.8 Å². The summed E-state index contributed by atoms with van der Waals surface area (Å²) in [5, 5.41) is 1.93. The SMILES string of the molecule is CCN(CC)c1ccc(C2c3sc(=O)n(CC(=O)Nc4cccc(C(F)(F)F)c4)c3SC3C(=O)N(c4ccc(OC)cc4)C(=O)C32)cc1. The lowest BCUT2D eigenvalue weighted by molar-refractivity contribution is -0.137. The lowest BCUT2D eigenvalue weighted by Crippen LogP contribution is -2.33. The van der Waals surface area contributed by atoms with E-state index in [9.17, 15) is 32.3 Å². The van der Waals surface area contributed by atoms with Crippen LogP contribution in [-0.4, -0.2) is 47.7 Å². The molecule has 14 heteroatoms. The third-order valence-corrected chi connectivity index (χ3v) is 11.1. The molecule has 250 valence electrons. The first kappa shape index (κ1) is 33.3. The molecule has 3 aromatic carbocycles. The van der Waals surface area contributed by atoms with Gasteiger partial charge in [0, 0.05) is 35.3 Å². The lowest BCUT2D eigenvalue weighted by Gasteiger charge is -2.31. The first-order chi connectivity index (χ1) is 22.9. The number of nitrogens with zero attached hydrogens (tertiary/aromatic N) is 3. The van der Waals surface area contributed by atoms with Crippen molar-refractivity contribution >= 4 is 57.9 Å². The van der Waals surface area contributed by atoms with Gasteiger partial charge in [0.15, 0.2) is 0 Å². The normalized spacial score (nSPS) is 18.8. The second kappa shape index (κ2) is 13.2. The molecule has 3 amide bonds. The van der Waals surface area contributed by atoms with Gasteiger partial charge in [-0.2, -0.15) is 13.2 Å². The first-order valence-corrected chi connectivity index (χ1v) is 16.9. The van der Waals surface area contributed by atoms with Gasteiger partial charge in [-0.25, -0.2) is 4.90 Å². The summed E-state index contributed by atoms with van der Waals surface area (Å²) >= 11 is 1.96. The topological polar surface area (TPSA) is 101 Å². The molecule has 0 saturated carbocycles. The van der Waals surface area contributed by atoms with E-state index in [1.807, 2.05) is 38.1 Å². The average Bonchev–Trinajstić information content (AvgIpc) is 3.51. The molecule has 9 nitrogen and oxygen atoms in total. The molecule has 48 heavy (non-hydrogen) atoms. The fraction of sp³-hybridized carbons (Fsp3) is 0.294. The number of imide groups is 1. The third kappa shape index (κ3) is 6.10. The maximum absolute atomic E-state index is 14.2. The Morgan fingerprint density at radius 1 is 0.958 bits per heavy atom. The Labute approximate surface area is 282 Å². The van der Waals surface area contributed by atoms with Crippen molar-refractivity contribution in [2.24, 2.45) is 5.92 Å². The van der Waals surface area contributed by atoms with Gasteiger partial charge in [0.1, 0.15) is 17.5 Å². The predicted octanol–water partition coefficient (Wildman–Crippen LogP) is 6.22. The molecule has 0 aliphatic carbocycles. The average molecular weight is 697 g/mol. The van der Waals surface area contributed by atoms with Crippen molar-refractivity contribution < 1.29 is 32.3 Å². The molecule has 0 bridgehead atoms. The number of aromatic nitrogens is 1. The zero-order valence-corrected chi connectivity index (χ0v) is 27.7. The van der Waals surface area contributed by atoms with Gasteiger partial charge in [-0.05, 0) is 74.0 Å². The molecule has 3 atom stereocenters. The number of anilines is 3. The quantitative estimate of drug-likeness (QED) is 0.208. The van der Waals surface area contributed by atoms with Gasteiger partial charge in [-0.3, -0.25) is 23.7 Å². The standard InChI is InChI=1S/C34H31F3N4O5S2/c1-4-39(5-2)22-11-9-19(10-12-22)26-27-28(31(44)41(30(27)43)23-13-15-24(46-3)16-14-23)47-32-29(26)48-33(45)40(32)18-25(42)38-21-8-6-7-20(17-21)34(35,36)37/h6-17,26-28H,4-5,18H2,1-3H3,(H,38,42). The van der Waals surface area contributed by atoms with Gasteiger partial charge in [0.25, 0.3) is 0 Å². The number of methoxy groups -OCH3 is 1. The molecular weight excluding hydrogens is 666 g/mol. The summed E-state index contributed by atoms with van der Waals surface area (Å²) < 4.78 is 46.2. The van der Waals surface area contributed by atoms with E-state index >= 15 is 0 Å². The highest BCUT2D eigenvalue weighted by Crippen LogP contribution is 2.54. The van der Waals surface area contributed by atoms with E-state index in [1.54, 1.807) is 24.3 Å². The van der Waals surface area contributed by atoms with Crippen molar-refractivity contribution in [3.8, 4) is 5.75 Å². The number of nitrogens with one attached hydrogen (secondary N) is 1. The molecule has 1 fully saturated rings. The van der Waals surface area contributed by atoms with Crippen molar-refractivity contribution in [1.82, 2.24) is 4.57 Å². The van der Waals surface area contributed by atoms with Crippen LogP contribution in [0.25, 0.3) is 0 Å². The highest BCUT2D eigenvalue weighted by Gasteiger charge is 2.56. The van der Waals surface area contributed by atoms with Crippen molar-refractivity contribution in [2.75, 3.05) is 35.3 Å². The van der Waals surface area contributed by atoms with E-state index in [0.29, 0.717) is 21.3 Å². The van der Waals surface area contributed by atoms with E-state index in [4.69, 9.17) is 4.74 Å². The number of thiazole rings is 1. The summed E-state index contributed by atoms with van der Waals surface area (Å²) in [6.45, 7) is 5.19. The van der Waals surface area contributed by atoms with Gasteiger partial charge in [-0.1, -0.05) is 41.3 Å². The molecule has 4 aromatic rings. The summed E-state index contributed by atoms with van der Waals surface area (Å²) in [6, 6.07) is 18.5. The van der Waals surface area contributed by atoms with Crippen LogP contribution in [-0.2, 0) is 27.1 Å². The van der Waals surface area contributed by atoms with Crippen LogP contribution in [0.2, 0.25) is 0 Å². The maximum Gasteiger partial charge on any atom is 0.416 e. The molecule has 0 radical (unpaired) electrons. The molecule has 0 spiro atoms. The van der Waals surface area contributed by atoms with Gasteiger partial charge >= 0.3 is 11.0 Å². The number of halogens is 3. The highest BCUT2D eigenvalue weighted by molar-refractivity contribution is 8.00. The van der Waals surface area contributed by atoms with Crippen LogP contribution < -0.4 is 24.7 Å². The van der Waals surface area contributed by atoms with E-state index in [2.05, 4.69) is 10.2 Å². The van der Waals surface area contributed by atoms with E-state index in [1.165, 1.54) is 28.7 Å². The summed E-state index contributed by atoms with van der Waals surface area (Å²) in [4.78, 5) is 58.1. The fourth-order valence-corrected chi connectivity index (χ4v) is 8.97. The number of rotatable bonds is 9. The number of hydrogen-bond acceptors (Lipinski definition) is 8. The Kier molecular flexibility index (Phi) is 9.14. The molecule has 6 rings (SSSR count). The van der Waals surface area contributed by atoms with Gasteiger partial charge in [0.2, 0.25) is 17.7 Å². The van der Waals surface area contributed by atoms with Crippen LogP contribution in [0.4, 0.5) is 30.2 Å². The van der Waals surface area contributed by atoms with Crippen molar-refractivity contribution in [1.29, 1.82) is 0 Å². The zero-order chi connectivity index (χ0) is 34.3. The van der Waals surface area contributed by atoms with Crippen LogP contribution in [0.5, 0.6) is 5.75 Å². The molecule has 3 heterocycles. The second-order valence-corrected chi connectivity index (χ2v) is 13.4. The predicted molar refractivity (Wildman–Crippen MR) is 179 cm³/mol. The van der Waals surface area contributed by atoms with Crippen LogP contribution in [0, 0.1) is 5.92 Å². The van der Waals surface area contributed by atoms with E-state index in [-0.39, 0.29) is 5.69 Å². The Balaban J connectivity index is 1.38. The number of benzene rings is 3. The maximum atomic E-state index is 14.2. The van der Waals surface area contributed by atoms with E-state index < -0.39 is 58.0 Å². The minimum atomic E-state index is -4.60. The molecule has 2 aliphatic heterocycles. The second-order valence-electron chi connectivity index (χ2n) is 11.3. The number of thioether (sulfide) groups is 1. The van der Waals surface area contributed by atoms with Crippen LogP contribution >= 0.6 is 23.1 Å². The fourth-order valence-electron chi connectivity index (χ4n) is 6.20. The highest BCUT2D eigenvalue weighted by atomic mass is 32.2. The number of carbonyl (C=O) groups excluding carboxylic acids is 3. The Morgan fingerprint density at radius 2 is 1.65 bits per heavy atom. The summed E-state index contributed by atoms with van der Waals surface area (Å²) in [6.07, 6.45) is -4.60. The molecule has 1 saturated heterocycles. The number of amides is 3. The number of fused-ring (bicyclic) bond motifs is 2.